The Bertz CT molecular complexity index is 1030. The zero-order valence-corrected chi connectivity index (χ0v) is 25.0. The average molecular weight is 634 g/mol. The smallest absolute Gasteiger partial charge is 0.326 e. The van der Waals surface area contributed by atoms with Crippen molar-refractivity contribution in [1.82, 2.24) is 26.2 Å². The highest BCUT2D eigenvalue weighted by molar-refractivity contribution is 7.80. The van der Waals surface area contributed by atoms with Crippen LogP contribution in [0.1, 0.15) is 46.0 Å². The second-order valence-corrected chi connectivity index (χ2v) is 10.9. The molecule has 1 fully saturated rings. The van der Waals surface area contributed by atoms with Gasteiger partial charge in [0.15, 0.2) is 0 Å². The average Bonchev–Trinajstić information content (AvgIpc) is 3.44. The van der Waals surface area contributed by atoms with Crippen molar-refractivity contribution in [1.29, 1.82) is 0 Å². The molecule has 1 rings (SSSR count). The van der Waals surface area contributed by atoms with Gasteiger partial charge in [-0.15, -0.1) is 0 Å². The van der Waals surface area contributed by atoms with Crippen LogP contribution >= 0.6 is 12.6 Å². The van der Waals surface area contributed by atoms with E-state index in [-0.39, 0.29) is 43.9 Å². The number of hydrogen-bond acceptors (Lipinski definition) is 11. The van der Waals surface area contributed by atoms with E-state index in [1.165, 1.54) is 4.90 Å². The van der Waals surface area contributed by atoms with Gasteiger partial charge in [-0.1, -0.05) is 13.8 Å². The van der Waals surface area contributed by atoms with Gasteiger partial charge in [0.2, 0.25) is 35.4 Å². The first kappa shape index (κ1) is 37.5. The molecule has 1 aliphatic rings. The minimum atomic E-state index is -1.53. The number of aliphatic hydroxyl groups excluding tert-OH is 2. The Kier molecular flexibility index (Phi) is 15.9. The summed E-state index contributed by atoms with van der Waals surface area (Å²) in [6.45, 7) is 2.20. The Morgan fingerprint density at radius 2 is 1.47 bits per heavy atom. The maximum absolute atomic E-state index is 13.6. The highest BCUT2D eigenvalue weighted by atomic mass is 32.1. The summed E-state index contributed by atoms with van der Waals surface area (Å²) in [6, 6.07) is -7.68. The fourth-order valence-electron chi connectivity index (χ4n) is 4.30. The fraction of sp³-hybridized carbons (Fsp3) is 0.720. The Morgan fingerprint density at radius 1 is 0.884 bits per heavy atom. The molecule has 244 valence electrons. The van der Waals surface area contributed by atoms with Gasteiger partial charge >= 0.3 is 5.97 Å². The van der Waals surface area contributed by atoms with Crippen LogP contribution in [-0.4, -0.2) is 123 Å². The summed E-state index contributed by atoms with van der Waals surface area (Å²) in [5, 5.41) is 37.7. The van der Waals surface area contributed by atoms with Crippen molar-refractivity contribution in [2.45, 2.75) is 82.2 Å². The van der Waals surface area contributed by atoms with Crippen molar-refractivity contribution in [3.8, 4) is 0 Å². The van der Waals surface area contributed by atoms with Crippen LogP contribution in [0, 0.1) is 5.92 Å². The molecule has 0 aliphatic carbocycles. The third-order valence-corrected chi connectivity index (χ3v) is 6.98. The van der Waals surface area contributed by atoms with E-state index < -0.39 is 90.9 Å². The van der Waals surface area contributed by atoms with Gasteiger partial charge in [0.25, 0.3) is 0 Å². The van der Waals surface area contributed by atoms with Gasteiger partial charge in [-0.3, -0.25) is 28.8 Å². The number of carboxylic acid groups (broad SMARTS) is 1. The largest absolute Gasteiger partial charge is 0.480 e. The molecule has 6 amide bonds. The van der Waals surface area contributed by atoms with E-state index in [2.05, 4.69) is 33.9 Å². The lowest BCUT2D eigenvalue weighted by atomic mass is 10.0. The van der Waals surface area contributed by atoms with Crippen molar-refractivity contribution in [2.75, 3.05) is 25.5 Å². The molecule has 0 bridgehead atoms. The summed E-state index contributed by atoms with van der Waals surface area (Å²) in [4.78, 5) is 88.2. The summed E-state index contributed by atoms with van der Waals surface area (Å²) in [5.41, 5.74) is 10.5. The highest BCUT2D eigenvalue weighted by Crippen LogP contribution is 2.21. The number of aliphatic carboxylic acids is 1. The lowest BCUT2D eigenvalue weighted by molar-refractivity contribution is -0.145. The molecule has 0 saturated carbocycles. The van der Waals surface area contributed by atoms with Crippen LogP contribution in [0.15, 0.2) is 0 Å². The molecule has 1 saturated heterocycles. The van der Waals surface area contributed by atoms with E-state index in [9.17, 15) is 43.8 Å². The van der Waals surface area contributed by atoms with Crippen molar-refractivity contribution in [3.63, 3.8) is 0 Å². The standard InChI is InChI=1S/C25H43N7O10S/c1-12(2)8-15(29-21(37)16(10-34)30-22(38)17(11-43)31-20(36)13(26)9-33)24(40)32-7-3-4-18(32)23(39)28-14(25(41)42)5-6-19(27)35/h12-18,33-34,43H,3-11,26H2,1-2H3,(H2,27,35)(H,28,39)(H,29,37)(H,30,38)(H,31,36)(H,41,42). The number of thiol groups is 1. The monoisotopic (exact) mass is 633 g/mol. The van der Waals surface area contributed by atoms with Crippen LogP contribution < -0.4 is 32.7 Å². The minimum absolute atomic E-state index is 0.115. The van der Waals surface area contributed by atoms with E-state index in [0.717, 1.165) is 0 Å². The maximum Gasteiger partial charge on any atom is 0.326 e. The van der Waals surface area contributed by atoms with Crippen molar-refractivity contribution < 1.29 is 48.9 Å². The van der Waals surface area contributed by atoms with Crippen molar-refractivity contribution in [2.24, 2.45) is 17.4 Å². The van der Waals surface area contributed by atoms with E-state index in [0.29, 0.717) is 6.42 Å². The Balaban J connectivity index is 3.02. The second kappa shape index (κ2) is 18.2. The number of rotatable bonds is 18. The van der Waals surface area contributed by atoms with Crippen molar-refractivity contribution >= 4 is 54.0 Å². The normalized spacial score (nSPS) is 18.1. The maximum atomic E-state index is 13.6. The van der Waals surface area contributed by atoms with Crippen LogP contribution in [-0.2, 0) is 33.6 Å². The van der Waals surface area contributed by atoms with Crippen LogP contribution in [0.5, 0.6) is 0 Å². The Morgan fingerprint density at radius 3 is 1.98 bits per heavy atom. The topological polar surface area (TPSA) is 284 Å². The molecule has 1 aliphatic heterocycles. The summed E-state index contributed by atoms with van der Waals surface area (Å²) in [7, 11) is 0. The van der Waals surface area contributed by atoms with Gasteiger partial charge in [0, 0.05) is 18.7 Å². The molecule has 0 aromatic rings. The zero-order valence-electron chi connectivity index (χ0n) is 24.2. The number of amides is 6. The second-order valence-electron chi connectivity index (χ2n) is 10.6. The lowest BCUT2D eigenvalue weighted by Gasteiger charge is -2.31. The molecule has 0 aromatic carbocycles. The Hall–Kier alpha value is -3.48. The molecule has 6 unspecified atom stereocenters. The molecule has 0 radical (unpaired) electrons. The molecule has 18 heteroatoms. The SMILES string of the molecule is CC(C)CC(NC(=O)C(CO)NC(=O)C(CS)NC(=O)C(N)CO)C(=O)N1CCCC1C(=O)NC(CCC(N)=O)C(=O)O. The number of aliphatic hydroxyl groups is 2. The van der Waals surface area contributed by atoms with Gasteiger partial charge in [-0.25, -0.2) is 4.79 Å². The summed E-state index contributed by atoms with van der Waals surface area (Å²) >= 11 is 4.00. The van der Waals surface area contributed by atoms with Crippen LogP contribution in [0.4, 0.5) is 0 Å². The molecule has 43 heavy (non-hydrogen) atoms. The molecule has 11 N–H and O–H groups in total. The number of nitrogens with two attached hydrogens (primary N) is 2. The predicted octanol–water partition coefficient (Wildman–Crippen LogP) is -4.45. The number of hydrogen-bond donors (Lipinski definition) is 10. The van der Waals surface area contributed by atoms with E-state index >= 15 is 0 Å². The molecule has 17 nitrogen and oxygen atoms in total. The highest BCUT2D eigenvalue weighted by Gasteiger charge is 2.39. The van der Waals surface area contributed by atoms with Gasteiger partial charge in [-0.05, 0) is 31.6 Å². The number of nitrogens with zero attached hydrogens (tertiary/aromatic N) is 1. The van der Waals surface area contributed by atoms with Crippen LogP contribution in [0.2, 0.25) is 0 Å². The number of carbonyl (C=O) groups excluding carboxylic acids is 6. The third kappa shape index (κ3) is 12.0. The van der Waals surface area contributed by atoms with Gasteiger partial charge in [0.05, 0.1) is 13.2 Å². The lowest BCUT2D eigenvalue weighted by Crippen LogP contribution is -2.60. The fourth-order valence-corrected chi connectivity index (χ4v) is 4.56. The first-order valence-electron chi connectivity index (χ1n) is 13.8. The first-order valence-corrected chi connectivity index (χ1v) is 14.4. The minimum Gasteiger partial charge on any atom is -0.480 e. The molecular weight excluding hydrogens is 590 g/mol. The number of likely N-dealkylation sites (tertiary alicyclic amines) is 1. The van der Waals surface area contributed by atoms with Gasteiger partial charge in [0.1, 0.15) is 36.3 Å². The summed E-state index contributed by atoms with van der Waals surface area (Å²) in [6.07, 6.45) is 0.286. The van der Waals surface area contributed by atoms with E-state index in [1.807, 2.05) is 0 Å². The summed E-state index contributed by atoms with van der Waals surface area (Å²) < 4.78 is 0. The van der Waals surface area contributed by atoms with Gasteiger partial charge < -0.3 is 53.0 Å². The molecule has 0 spiro atoms. The number of carbonyl (C=O) groups is 7. The predicted molar refractivity (Wildman–Crippen MR) is 154 cm³/mol. The molecule has 6 atom stereocenters. The summed E-state index contributed by atoms with van der Waals surface area (Å²) in [5.74, 6) is -6.41. The van der Waals surface area contributed by atoms with Gasteiger partial charge in [-0.2, -0.15) is 12.6 Å². The first-order chi connectivity index (χ1) is 20.2. The van der Waals surface area contributed by atoms with Crippen molar-refractivity contribution in [3.05, 3.63) is 0 Å². The van der Waals surface area contributed by atoms with Crippen LogP contribution in [0.3, 0.4) is 0 Å². The molecule has 1 heterocycles. The Labute approximate surface area is 254 Å². The molecule has 0 aromatic heterocycles. The number of primary amides is 1. The van der Waals surface area contributed by atoms with Crippen LogP contribution in [0.25, 0.3) is 0 Å². The quantitative estimate of drug-likeness (QED) is 0.0643. The van der Waals surface area contributed by atoms with E-state index in [4.69, 9.17) is 16.6 Å². The zero-order chi connectivity index (χ0) is 32.9. The third-order valence-electron chi connectivity index (χ3n) is 6.62. The molecular formula is C25H43N7O10S. The number of nitrogens with one attached hydrogen (secondary N) is 4. The van der Waals surface area contributed by atoms with E-state index in [1.54, 1.807) is 13.8 Å². The number of carboxylic acids is 1.